The van der Waals surface area contributed by atoms with Gasteiger partial charge in [0.05, 0.1) is 17.7 Å². The van der Waals surface area contributed by atoms with Crippen molar-refractivity contribution in [2.45, 2.75) is 52.1 Å². The van der Waals surface area contributed by atoms with Gasteiger partial charge in [-0.25, -0.2) is 9.97 Å². The van der Waals surface area contributed by atoms with E-state index in [0.29, 0.717) is 44.8 Å². The molecule has 0 aliphatic carbocycles. The standard InChI is InChI=1S/C20H27N5O3/c1-3-23-11-14(9-18(23)27)20(28)24-8-6-16-15(12-24)10-21-19(22-16)17-5-4-7-25(17)13(2)26/h10,14,17H,3-9,11-12H2,1-2H3/t14-,17+/m0/s1. The normalized spacial score (nSPS) is 24.6. The Hall–Kier alpha value is -2.51. The molecule has 2 fully saturated rings. The van der Waals surface area contributed by atoms with Crippen molar-refractivity contribution in [1.82, 2.24) is 24.7 Å². The van der Waals surface area contributed by atoms with Gasteiger partial charge in [-0.1, -0.05) is 0 Å². The van der Waals surface area contributed by atoms with E-state index in [9.17, 15) is 14.4 Å². The maximum absolute atomic E-state index is 12.9. The minimum absolute atomic E-state index is 0.0352. The van der Waals surface area contributed by atoms with Crippen molar-refractivity contribution in [3.05, 3.63) is 23.3 Å². The summed E-state index contributed by atoms with van der Waals surface area (Å²) in [5.41, 5.74) is 1.94. The Morgan fingerprint density at radius 1 is 1.29 bits per heavy atom. The summed E-state index contributed by atoms with van der Waals surface area (Å²) in [6.07, 6.45) is 4.68. The smallest absolute Gasteiger partial charge is 0.228 e. The van der Waals surface area contributed by atoms with Crippen LogP contribution in [0.4, 0.5) is 0 Å². The Bertz CT molecular complexity index is 811. The second-order valence-electron chi connectivity index (χ2n) is 7.91. The van der Waals surface area contributed by atoms with Crippen LogP contribution in [0.25, 0.3) is 0 Å². The predicted octanol–water partition coefficient (Wildman–Crippen LogP) is 0.913. The van der Waals surface area contributed by atoms with E-state index < -0.39 is 0 Å². The van der Waals surface area contributed by atoms with Crippen molar-refractivity contribution < 1.29 is 14.4 Å². The van der Waals surface area contributed by atoms with Crippen LogP contribution < -0.4 is 0 Å². The number of amides is 3. The van der Waals surface area contributed by atoms with Crippen LogP contribution in [0.5, 0.6) is 0 Å². The third kappa shape index (κ3) is 3.36. The lowest BCUT2D eigenvalue weighted by Gasteiger charge is -2.31. The highest BCUT2D eigenvalue weighted by Gasteiger charge is 2.37. The quantitative estimate of drug-likeness (QED) is 0.772. The zero-order valence-corrected chi connectivity index (χ0v) is 16.6. The maximum Gasteiger partial charge on any atom is 0.228 e. The first-order valence-electron chi connectivity index (χ1n) is 10.2. The lowest BCUT2D eigenvalue weighted by molar-refractivity contribution is -0.136. The highest BCUT2D eigenvalue weighted by atomic mass is 16.2. The number of carbonyl (C=O) groups excluding carboxylic acids is 3. The number of aromatic nitrogens is 2. The summed E-state index contributed by atoms with van der Waals surface area (Å²) in [6, 6.07) is -0.0352. The van der Waals surface area contributed by atoms with Gasteiger partial charge in [0.1, 0.15) is 0 Å². The Labute approximate surface area is 164 Å². The fourth-order valence-electron chi connectivity index (χ4n) is 4.59. The Morgan fingerprint density at radius 3 is 2.82 bits per heavy atom. The molecular formula is C20H27N5O3. The molecule has 3 aliphatic rings. The Morgan fingerprint density at radius 2 is 2.11 bits per heavy atom. The number of nitrogens with zero attached hydrogens (tertiary/aromatic N) is 5. The third-order valence-electron chi connectivity index (χ3n) is 6.17. The number of hydrogen-bond acceptors (Lipinski definition) is 5. The minimum atomic E-state index is -0.239. The molecule has 2 atom stereocenters. The van der Waals surface area contributed by atoms with Crippen molar-refractivity contribution in [3.63, 3.8) is 0 Å². The average molecular weight is 385 g/mol. The monoisotopic (exact) mass is 385 g/mol. The van der Waals surface area contributed by atoms with Crippen LogP contribution in [-0.2, 0) is 27.3 Å². The highest BCUT2D eigenvalue weighted by molar-refractivity contribution is 5.89. The van der Waals surface area contributed by atoms with Crippen molar-refractivity contribution in [1.29, 1.82) is 0 Å². The molecule has 150 valence electrons. The van der Waals surface area contributed by atoms with E-state index >= 15 is 0 Å². The van der Waals surface area contributed by atoms with Gasteiger partial charge >= 0.3 is 0 Å². The molecule has 0 N–H and O–H groups in total. The maximum atomic E-state index is 12.9. The first-order valence-corrected chi connectivity index (χ1v) is 10.2. The van der Waals surface area contributed by atoms with E-state index in [4.69, 9.17) is 4.98 Å². The molecule has 8 nitrogen and oxygen atoms in total. The minimum Gasteiger partial charge on any atom is -0.342 e. The molecule has 3 amide bonds. The molecule has 4 rings (SSSR count). The summed E-state index contributed by atoms with van der Waals surface area (Å²) in [7, 11) is 0. The van der Waals surface area contributed by atoms with E-state index in [-0.39, 0.29) is 29.7 Å². The molecule has 1 aromatic heterocycles. The molecular weight excluding hydrogens is 358 g/mol. The number of likely N-dealkylation sites (tertiary alicyclic amines) is 2. The van der Waals surface area contributed by atoms with E-state index in [2.05, 4.69) is 4.98 Å². The fourth-order valence-corrected chi connectivity index (χ4v) is 4.59. The van der Waals surface area contributed by atoms with Crippen LogP contribution in [-0.4, -0.2) is 68.6 Å². The molecule has 0 spiro atoms. The number of hydrogen-bond donors (Lipinski definition) is 0. The Balaban J connectivity index is 1.46. The molecule has 0 aromatic carbocycles. The number of rotatable bonds is 3. The van der Waals surface area contributed by atoms with E-state index in [0.717, 1.165) is 30.6 Å². The third-order valence-corrected chi connectivity index (χ3v) is 6.17. The first kappa shape index (κ1) is 18.8. The van der Waals surface area contributed by atoms with Crippen LogP contribution in [0.3, 0.4) is 0 Å². The zero-order valence-electron chi connectivity index (χ0n) is 16.6. The number of carbonyl (C=O) groups is 3. The second-order valence-corrected chi connectivity index (χ2v) is 7.91. The molecule has 28 heavy (non-hydrogen) atoms. The molecule has 4 heterocycles. The largest absolute Gasteiger partial charge is 0.342 e. The van der Waals surface area contributed by atoms with E-state index in [1.807, 2.05) is 22.9 Å². The Kier molecular flexibility index (Phi) is 5.03. The van der Waals surface area contributed by atoms with Crippen molar-refractivity contribution in [2.75, 3.05) is 26.2 Å². The zero-order chi connectivity index (χ0) is 19.8. The van der Waals surface area contributed by atoms with Crippen molar-refractivity contribution in [3.8, 4) is 0 Å². The molecule has 1 aromatic rings. The van der Waals surface area contributed by atoms with E-state index in [1.54, 1.807) is 11.8 Å². The van der Waals surface area contributed by atoms with Gasteiger partial charge in [0.25, 0.3) is 0 Å². The van der Waals surface area contributed by atoms with Crippen LogP contribution >= 0.6 is 0 Å². The summed E-state index contributed by atoms with van der Waals surface area (Å²) >= 11 is 0. The predicted molar refractivity (Wildman–Crippen MR) is 101 cm³/mol. The summed E-state index contributed by atoms with van der Waals surface area (Å²) in [5, 5.41) is 0. The van der Waals surface area contributed by atoms with E-state index in [1.165, 1.54) is 0 Å². The van der Waals surface area contributed by atoms with Crippen LogP contribution in [0.1, 0.15) is 56.2 Å². The second kappa shape index (κ2) is 7.48. The van der Waals surface area contributed by atoms with Gasteiger partial charge in [0.15, 0.2) is 5.82 Å². The van der Waals surface area contributed by atoms with Gasteiger partial charge in [0.2, 0.25) is 17.7 Å². The highest BCUT2D eigenvalue weighted by Crippen LogP contribution is 2.31. The lowest BCUT2D eigenvalue weighted by Crippen LogP contribution is -2.41. The van der Waals surface area contributed by atoms with Gasteiger partial charge < -0.3 is 14.7 Å². The lowest BCUT2D eigenvalue weighted by atomic mass is 10.0. The van der Waals surface area contributed by atoms with Gasteiger partial charge in [-0.15, -0.1) is 0 Å². The van der Waals surface area contributed by atoms with Gasteiger partial charge in [-0.05, 0) is 19.8 Å². The number of fused-ring (bicyclic) bond motifs is 1. The summed E-state index contributed by atoms with van der Waals surface area (Å²) in [5.74, 6) is 0.659. The molecule has 8 heteroatoms. The topological polar surface area (TPSA) is 86.7 Å². The molecule has 2 saturated heterocycles. The molecule has 0 radical (unpaired) electrons. The van der Waals surface area contributed by atoms with Crippen molar-refractivity contribution in [2.24, 2.45) is 5.92 Å². The summed E-state index contributed by atoms with van der Waals surface area (Å²) in [6.45, 7) is 6.57. The van der Waals surface area contributed by atoms with Crippen LogP contribution in [0, 0.1) is 5.92 Å². The van der Waals surface area contributed by atoms with Gasteiger partial charge in [-0.3, -0.25) is 14.4 Å². The van der Waals surface area contributed by atoms with Gasteiger partial charge in [0, 0.05) is 64.2 Å². The van der Waals surface area contributed by atoms with Crippen molar-refractivity contribution >= 4 is 17.7 Å². The molecule has 0 saturated carbocycles. The van der Waals surface area contributed by atoms with Gasteiger partial charge in [-0.2, -0.15) is 0 Å². The van der Waals surface area contributed by atoms with Crippen LogP contribution in [0.15, 0.2) is 6.20 Å². The summed E-state index contributed by atoms with van der Waals surface area (Å²) < 4.78 is 0. The SMILES string of the molecule is CCN1C[C@@H](C(=O)N2CCc3nc([C@H]4CCCN4C(C)=O)ncc3C2)CC1=O. The molecule has 0 bridgehead atoms. The van der Waals surface area contributed by atoms with Crippen LogP contribution in [0.2, 0.25) is 0 Å². The average Bonchev–Trinajstić information content (AvgIpc) is 3.33. The molecule has 3 aliphatic heterocycles. The molecule has 0 unspecified atom stereocenters. The first-order chi connectivity index (χ1) is 13.5. The summed E-state index contributed by atoms with van der Waals surface area (Å²) in [4.78, 5) is 51.4. The fraction of sp³-hybridized carbons (Fsp3) is 0.650.